The van der Waals surface area contributed by atoms with Crippen LogP contribution >= 0.6 is 34.8 Å². The number of benzene rings is 1. The van der Waals surface area contributed by atoms with Gasteiger partial charge in [-0.2, -0.15) is 0 Å². The van der Waals surface area contributed by atoms with Gasteiger partial charge in [0.15, 0.2) is 5.75 Å². The van der Waals surface area contributed by atoms with Crippen molar-refractivity contribution in [2.75, 3.05) is 5.73 Å². The van der Waals surface area contributed by atoms with Crippen LogP contribution in [0.4, 0.5) is 5.69 Å². The number of hydrogen-bond acceptors (Lipinski definition) is 4. The number of nitrogen functional groups attached to an aromatic ring is 1. The lowest BCUT2D eigenvalue weighted by Gasteiger charge is -2.14. The summed E-state index contributed by atoms with van der Waals surface area (Å²) >= 11 is 17.2. The van der Waals surface area contributed by atoms with E-state index in [0.717, 1.165) is 0 Å². The SMILES string of the molecule is NNC(Cl)Oc1c(Cl)cc(N)cc1Cl. The van der Waals surface area contributed by atoms with E-state index in [1.54, 1.807) is 0 Å². The number of hydrazine groups is 1. The van der Waals surface area contributed by atoms with E-state index in [0.29, 0.717) is 5.69 Å². The minimum absolute atomic E-state index is 0.237. The molecule has 0 bridgehead atoms. The van der Waals surface area contributed by atoms with Gasteiger partial charge in [-0.25, -0.2) is 5.43 Å². The first-order chi connectivity index (χ1) is 6.54. The molecule has 1 aromatic rings. The minimum Gasteiger partial charge on any atom is -0.457 e. The molecule has 0 saturated heterocycles. The molecule has 4 nitrogen and oxygen atoms in total. The lowest BCUT2D eigenvalue weighted by molar-refractivity contribution is 0.245. The summed E-state index contributed by atoms with van der Waals surface area (Å²) in [4.78, 5) is 0. The molecular weight excluding hydrogens is 248 g/mol. The Bertz CT molecular complexity index is 311. The lowest BCUT2D eigenvalue weighted by Crippen LogP contribution is -2.35. The average molecular weight is 257 g/mol. The fourth-order valence-electron chi connectivity index (χ4n) is 0.830. The summed E-state index contributed by atoms with van der Waals surface area (Å²) in [5.41, 5.74) is 7.21. The quantitative estimate of drug-likeness (QED) is 0.193. The van der Waals surface area contributed by atoms with Gasteiger partial charge in [-0.15, -0.1) is 0 Å². The summed E-state index contributed by atoms with van der Waals surface area (Å²) < 4.78 is 5.09. The highest BCUT2D eigenvalue weighted by molar-refractivity contribution is 6.37. The molecule has 1 rings (SSSR count). The molecule has 1 aromatic carbocycles. The largest absolute Gasteiger partial charge is 0.457 e. The molecule has 1 atom stereocenters. The van der Waals surface area contributed by atoms with Gasteiger partial charge in [0, 0.05) is 5.69 Å². The highest BCUT2D eigenvalue weighted by Crippen LogP contribution is 2.35. The van der Waals surface area contributed by atoms with Crippen molar-refractivity contribution in [3.63, 3.8) is 0 Å². The van der Waals surface area contributed by atoms with Gasteiger partial charge in [0.25, 0.3) is 0 Å². The van der Waals surface area contributed by atoms with Crippen molar-refractivity contribution in [1.82, 2.24) is 5.43 Å². The first kappa shape index (κ1) is 11.7. The Kier molecular flexibility index (Phi) is 4.10. The zero-order valence-electron chi connectivity index (χ0n) is 6.93. The normalized spacial score (nSPS) is 12.6. The third-order valence-corrected chi connectivity index (χ3v) is 2.15. The van der Waals surface area contributed by atoms with Crippen molar-refractivity contribution in [1.29, 1.82) is 0 Å². The van der Waals surface area contributed by atoms with Crippen molar-refractivity contribution in [2.24, 2.45) is 5.84 Å². The molecule has 0 aliphatic rings. The Labute approximate surface area is 96.0 Å². The maximum absolute atomic E-state index is 5.82. The molecule has 1 unspecified atom stereocenters. The second kappa shape index (κ2) is 4.91. The number of rotatable bonds is 3. The third-order valence-electron chi connectivity index (χ3n) is 1.37. The van der Waals surface area contributed by atoms with Crippen LogP contribution in [0.5, 0.6) is 5.75 Å². The van der Waals surface area contributed by atoms with E-state index in [1.165, 1.54) is 12.1 Å². The predicted molar refractivity (Wildman–Crippen MR) is 58.5 cm³/mol. The second-order valence-corrected chi connectivity index (χ2v) is 3.63. The Morgan fingerprint density at radius 2 is 1.79 bits per heavy atom. The molecule has 0 saturated carbocycles. The van der Waals surface area contributed by atoms with Crippen LogP contribution in [-0.2, 0) is 0 Å². The lowest BCUT2D eigenvalue weighted by atomic mass is 10.3. The Hall–Kier alpha value is -0.390. The van der Waals surface area contributed by atoms with E-state index in [9.17, 15) is 0 Å². The minimum atomic E-state index is -0.909. The van der Waals surface area contributed by atoms with Crippen LogP contribution in [0.1, 0.15) is 0 Å². The third kappa shape index (κ3) is 2.80. The summed E-state index contributed by atoms with van der Waals surface area (Å²) in [6.07, 6.45) is 0. The van der Waals surface area contributed by atoms with Crippen molar-refractivity contribution in [2.45, 2.75) is 5.69 Å². The highest BCUT2D eigenvalue weighted by atomic mass is 35.5. The number of anilines is 1. The van der Waals surface area contributed by atoms with E-state index in [2.05, 4.69) is 5.43 Å². The van der Waals surface area contributed by atoms with Crippen LogP contribution in [-0.4, -0.2) is 5.69 Å². The highest BCUT2D eigenvalue weighted by Gasteiger charge is 2.12. The van der Waals surface area contributed by atoms with Crippen molar-refractivity contribution >= 4 is 40.5 Å². The number of nitrogens with one attached hydrogen (secondary N) is 1. The van der Waals surface area contributed by atoms with Crippen LogP contribution in [0.15, 0.2) is 12.1 Å². The number of nitrogens with two attached hydrogens (primary N) is 2. The zero-order valence-corrected chi connectivity index (χ0v) is 9.20. The number of hydrogen-bond donors (Lipinski definition) is 3. The van der Waals surface area contributed by atoms with Gasteiger partial charge in [-0.3, -0.25) is 5.84 Å². The maximum Gasteiger partial charge on any atom is 0.239 e. The van der Waals surface area contributed by atoms with Gasteiger partial charge in [-0.05, 0) is 12.1 Å². The van der Waals surface area contributed by atoms with Gasteiger partial charge in [0.2, 0.25) is 5.69 Å². The smallest absolute Gasteiger partial charge is 0.239 e. The van der Waals surface area contributed by atoms with Crippen LogP contribution in [0.25, 0.3) is 0 Å². The standard InChI is InChI=1S/C7H8Cl3N3O/c8-4-1-3(11)2-5(9)6(4)14-7(10)13-12/h1-2,7,13H,11-12H2. The van der Waals surface area contributed by atoms with Crippen LogP contribution in [0, 0.1) is 0 Å². The molecule has 78 valence electrons. The Balaban J connectivity index is 2.96. The molecule has 0 fully saturated rings. The summed E-state index contributed by atoms with van der Waals surface area (Å²) in [5.74, 6) is 5.27. The first-order valence-electron chi connectivity index (χ1n) is 3.56. The van der Waals surface area contributed by atoms with Crippen molar-refractivity contribution in [3.05, 3.63) is 22.2 Å². The molecule has 0 amide bonds. The summed E-state index contributed by atoms with van der Waals surface area (Å²) in [7, 11) is 0. The summed E-state index contributed by atoms with van der Waals surface area (Å²) in [6, 6.07) is 3.01. The molecule has 0 aliphatic heterocycles. The van der Waals surface area contributed by atoms with Crippen LogP contribution < -0.4 is 21.7 Å². The average Bonchev–Trinajstić information content (AvgIpc) is 2.10. The Morgan fingerprint density at radius 3 is 2.21 bits per heavy atom. The zero-order chi connectivity index (χ0) is 10.7. The van der Waals surface area contributed by atoms with Crippen molar-refractivity contribution < 1.29 is 4.74 Å². The molecule has 0 heterocycles. The monoisotopic (exact) mass is 255 g/mol. The number of ether oxygens (including phenoxy) is 1. The van der Waals surface area contributed by atoms with E-state index >= 15 is 0 Å². The van der Waals surface area contributed by atoms with Gasteiger partial charge < -0.3 is 10.5 Å². The van der Waals surface area contributed by atoms with E-state index in [1.807, 2.05) is 0 Å². The number of halogens is 3. The van der Waals surface area contributed by atoms with E-state index in [4.69, 9.17) is 51.1 Å². The molecule has 14 heavy (non-hydrogen) atoms. The van der Waals surface area contributed by atoms with Gasteiger partial charge in [0.1, 0.15) is 0 Å². The van der Waals surface area contributed by atoms with Gasteiger partial charge in [0.05, 0.1) is 10.0 Å². The number of alkyl halides is 1. The molecule has 0 aromatic heterocycles. The van der Waals surface area contributed by atoms with Gasteiger partial charge in [-0.1, -0.05) is 34.8 Å². The van der Waals surface area contributed by atoms with E-state index in [-0.39, 0.29) is 15.8 Å². The fraction of sp³-hybridized carbons (Fsp3) is 0.143. The molecule has 0 aliphatic carbocycles. The van der Waals surface area contributed by atoms with E-state index < -0.39 is 5.69 Å². The maximum atomic E-state index is 5.82. The topological polar surface area (TPSA) is 73.3 Å². The van der Waals surface area contributed by atoms with Crippen LogP contribution in [0.2, 0.25) is 10.0 Å². The second-order valence-electron chi connectivity index (χ2n) is 2.41. The van der Waals surface area contributed by atoms with Gasteiger partial charge >= 0.3 is 0 Å². The molecule has 7 heteroatoms. The molecular formula is C7H8Cl3N3O. The molecule has 5 N–H and O–H groups in total. The predicted octanol–water partition coefficient (Wildman–Crippen LogP) is 1.94. The first-order valence-corrected chi connectivity index (χ1v) is 4.75. The van der Waals surface area contributed by atoms with Crippen molar-refractivity contribution in [3.8, 4) is 5.75 Å². The summed E-state index contributed by atoms with van der Waals surface area (Å²) in [5, 5.41) is 0.548. The summed E-state index contributed by atoms with van der Waals surface area (Å²) in [6.45, 7) is 0. The fourth-order valence-corrected chi connectivity index (χ4v) is 1.51. The Morgan fingerprint density at radius 1 is 1.29 bits per heavy atom. The molecule has 0 radical (unpaired) electrons. The molecule has 0 spiro atoms. The van der Waals surface area contributed by atoms with Crippen LogP contribution in [0.3, 0.4) is 0 Å².